The van der Waals surface area contributed by atoms with Gasteiger partial charge in [0.15, 0.2) is 18.9 Å². The summed E-state index contributed by atoms with van der Waals surface area (Å²) in [6, 6.07) is 0. The van der Waals surface area contributed by atoms with E-state index in [1.165, 1.54) is 0 Å². The van der Waals surface area contributed by atoms with Crippen molar-refractivity contribution in [2.45, 2.75) is 101 Å². The van der Waals surface area contributed by atoms with Gasteiger partial charge in [0.1, 0.15) is 12.2 Å². The van der Waals surface area contributed by atoms with Gasteiger partial charge < -0.3 is 37.9 Å². The largest absolute Gasteiger partial charge is 0.370 e. The van der Waals surface area contributed by atoms with Crippen molar-refractivity contribution in [1.29, 1.82) is 0 Å². The normalized spacial score (nSPS) is 50.7. The van der Waals surface area contributed by atoms with Crippen LogP contribution in [0.25, 0.3) is 0 Å². The molecule has 4 heterocycles. The highest BCUT2D eigenvalue weighted by molar-refractivity contribution is 4.94. The summed E-state index contributed by atoms with van der Waals surface area (Å²) in [5.41, 5.74) is 0. The molecular formula is C22H34O8. The lowest BCUT2D eigenvalue weighted by Gasteiger charge is -2.25. The molecule has 8 heteroatoms. The van der Waals surface area contributed by atoms with E-state index < -0.39 is 0 Å². The second-order valence-corrected chi connectivity index (χ2v) is 9.73. The summed E-state index contributed by atoms with van der Waals surface area (Å²) >= 11 is 0. The van der Waals surface area contributed by atoms with E-state index in [4.69, 9.17) is 37.9 Å². The molecule has 0 radical (unpaired) electrons. The first kappa shape index (κ1) is 20.3. The van der Waals surface area contributed by atoms with Crippen LogP contribution in [0, 0.1) is 11.8 Å². The Morgan fingerprint density at radius 3 is 1.63 bits per heavy atom. The maximum Gasteiger partial charge on any atom is 0.161 e. The van der Waals surface area contributed by atoms with E-state index in [2.05, 4.69) is 0 Å². The van der Waals surface area contributed by atoms with Crippen LogP contribution in [0.4, 0.5) is 0 Å². The molecule has 0 N–H and O–H groups in total. The molecule has 0 amide bonds. The predicted molar refractivity (Wildman–Crippen MR) is 103 cm³/mol. The first-order valence-corrected chi connectivity index (χ1v) is 11.8. The molecule has 0 aromatic rings. The lowest BCUT2D eigenvalue weighted by molar-refractivity contribution is -0.175. The molecule has 2 saturated carbocycles. The number of rotatable bonds is 8. The Labute approximate surface area is 177 Å². The average molecular weight is 427 g/mol. The molecule has 10 atom stereocenters. The lowest BCUT2D eigenvalue weighted by Crippen LogP contribution is -2.30. The molecule has 0 aromatic heterocycles. The van der Waals surface area contributed by atoms with Gasteiger partial charge in [0, 0.05) is 11.8 Å². The van der Waals surface area contributed by atoms with Crippen LogP contribution in [-0.4, -0.2) is 81.9 Å². The van der Waals surface area contributed by atoms with E-state index in [0.717, 1.165) is 38.5 Å². The standard InChI is InChI=1S/C22H34O8/c1-12(23-8-15-10-25-21(27-15)13-2-4-17-19(6-13)29-17)24-9-16-11-26-22(28-16)14-3-5-18-20(7-14)30-18/h12-22H,2-11H2,1H3. The molecule has 170 valence electrons. The van der Waals surface area contributed by atoms with Gasteiger partial charge in [-0.2, -0.15) is 0 Å². The van der Waals surface area contributed by atoms with Gasteiger partial charge in [0.05, 0.1) is 50.8 Å². The highest BCUT2D eigenvalue weighted by Crippen LogP contribution is 2.43. The summed E-state index contributed by atoms with van der Waals surface area (Å²) in [5, 5.41) is 0. The molecule has 6 aliphatic rings. The molecule has 6 rings (SSSR count). The molecule has 4 saturated heterocycles. The van der Waals surface area contributed by atoms with E-state index >= 15 is 0 Å². The maximum atomic E-state index is 6.08. The molecule has 0 bridgehead atoms. The summed E-state index contributed by atoms with van der Waals surface area (Å²) in [4.78, 5) is 0. The molecule has 30 heavy (non-hydrogen) atoms. The van der Waals surface area contributed by atoms with Crippen molar-refractivity contribution in [3.8, 4) is 0 Å². The summed E-state index contributed by atoms with van der Waals surface area (Å²) in [6.45, 7) is 4.02. The van der Waals surface area contributed by atoms with Crippen molar-refractivity contribution in [2.75, 3.05) is 26.4 Å². The molecule has 4 aliphatic heterocycles. The quantitative estimate of drug-likeness (QED) is 0.431. The third kappa shape index (κ3) is 4.57. The van der Waals surface area contributed by atoms with Crippen molar-refractivity contribution in [2.24, 2.45) is 11.8 Å². The molecule has 10 unspecified atom stereocenters. The highest BCUT2D eigenvalue weighted by Gasteiger charge is 2.48. The van der Waals surface area contributed by atoms with Crippen molar-refractivity contribution >= 4 is 0 Å². The topological polar surface area (TPSA) is 80.4 Å². The summed E-state index contributed by atoms with van der Waals surface area (Å²) in [7, 11) is 0. The Bertz CT molecular complexity index is 554. The second-order valence-electron chi connectivity index (χ2n) is 9.73. The van der Waals surface area contributed by atoms with Crippen LogP contribution in [0.3, 0.4) is 0 Å². The Morgan fingerprint density at radius 2 is 1.17 bits per heavy atom. The number of epoxide rings is 2. The van der Waals surface area contributed by atoms with Gasteiger partial charge in [-0.05, 0) is 45.4 Å². The van der Waals surface area contributed by atoms with Crippen LogP contribution in [0.5, 0.6) is 0 Å². The van der Waals surface area contributed by atoms with Gasteiger partial charge in [-0.1, -0.05) is 0 Å². The van der Waals surface area contributed by atoms with Crippen LogP contribution in [0.1, 0.15) is 45.4 Å². The number of fused-ring (bicyclic) bond motifs is 2. The van der Waals surface area contributed by atoms with Gasteiger partial charge in [-0.25, -0.2) is 0 Å². The average Bonchev–Trinajstić information content (AvgIpc) is 3.61. The zero-order chi connectivity index (χ0) is 20.1. The molecular weight excluding hydrogens is 392 g/mol. The van der Waals surface area contributed by atoms with Crippen molar-refractivity contribution < 1.29 is 37.9 Å². The van der Waals surface area contributed by atoms with Crippen LogP contribution in [0.2, 0.25) is 0 Å². The molecule has 0 spiro atoms. The van der Waals surface area contributed by atoms with Crippen LogP contribution in [0.15, 0.2) is 0 Å². The zero-order valence-corrected chi connectivity index (χ0v) is 17.7. The lowest BCUT2D eigenvalue weighted by atomic mass is 9.89. The molecule has 0 aromatic carbocycles. The van der Waals surface area contributed by atoms with Gasteiger partial charge >= 0.3 is 0 Å². The monoisotopic (exact) mass is 426 g/mol. The zero-order valence-electron chi connectivity index (χ0n) is 17.7. The molecule has 8 nitrogen and oxygen atoms in total. The smallest absolute Gasteiger partial charge is 0.161 e. The summed E-state index contributed by atoms with van der Waals surface area (Å²) in [5.74, 6) is 0.892. The highest BCUT2D eigenvalue weighted by atomic mass is 16.8. The predicted octanol–water partition coefficient (Wildman–Crippen LogP) is 1.98. The Balaban J connectivity index is 0.862. The first-order valence-electron chi connectivity index (χ1n) is 11.8. The molecule has 6 fully saturated rings. The minimum absolute atomic E-state index is 0.0332. The van der Waals surface area contributed by atoms with Crippen LogP contribution in [-0.2, 0) is 37.9 Å². The van der Waals surface area contributed by atoms with E-state index in [1.54, 1.807) is 0 Å². The molecule has 2 aliphatic carbocycles. The third-order valence-corrected chi connectivity index (χ3v) is 7.44. The number of hydrogen-bond donors (Lipinski definition) is 0. The van der Waals surface area contributed by atoms with E-state index in [-0.39, 0.29) is 31.1 Å². The Kier molecular flexibility index (Phi) is 5.79. The minimum atomic E-state index is -0.319. The maximum absolute atomic E-state index is 6.08. The summed E-state index contributed by atoms with van der Waals surface area (Å²) < 4.78 is 46.8. The van der Waals surface area contributed by atoms with Crippen LogP contribution < -0.4 is 0 Å². The Hall–Kier alpha value is -0.320. The Morgan fingerprint density at radius 1 is 0.667 bits per heavy atom. The van der Waals surface area contributed by atoms with Crippen molar-refractivity contribution in [3.05, 3.63) is 0 Å². The first-order chi connectivity index (χ1) is 14.7. The van der Waals surface area contributed by atoms with Crippen molar-refractivity contribution in [1.82, 2.24) is 0 Å². The number of hydrogen-bond acceptors (Lipinski definition) is 8. The third-order valence-electron chi connectivity index (χ3n) is 7.44. The van der Waals surface area contributed by atoms with Gasteiger partial charge in [-0.3, -0.25) is 0 Å². The minimum Gasteiger partial charge on any atom is -0.370 e. The van der Waals surface area contributed by atoms with E-state index in [1.807, 2.05) is 6.92 Å². The fraction of sp³-hybridized carbons (Fsp3) is 1.00. The fourth-order valence-corrected chi connectivity index (χ4v) is 5.51. The van der Waals surface area contributed by atoms with E-state index in [9.17, 15) is 0 Å². The van der Waals surface area contributed by atoms with Gasteiger partial charge in [0.2, 0.25) is 0 Å². The van der Waals surface area contributed by atoms with E-state index in [0.29, 0.717) is 62.7 Å². The number of ether oxygens (including phenoxy) is 8. The van der Waals surface area contributed by atoms with Crippen LogP contribution >= 0.6 is 0 Å². The fourth-order valence-electron chi connectivity index (χ4n) is 5.51. The SMILES string of the molecule is CC(OCC1COC(C2CCC3OC3C2)O1)OCC1COC(C2CCC3OC3C2)O1. The second kappa shape index (κ2) is 8.56. The van der Waals surface area contributed by atoms with Crippen molar-refractivity contribution in [3.63, 3.8) is 0 Å². The van der Waals surface area contributed by atoms with Gasteiger partial charge in [-0.15, -0.1) is 0 Å². The summed E-state index contributed by atoms with van der Waals surface area (Å²) in [6.07, 6.45) is 7.91. The van der Waals surface area contributed by atoms with Gasteiger partial charge in [0.25, 0.3) is 0 Å².